The molecule has 6 nitrogen and oxygen atoms in total. The number of ether oxygens (including phenoxy) is 3. The molecule has 0 saturated heterocycles. The molecule has 1 aliphatic rings. The van der Waals surface area contributed by atoms with Gasteiger partial charge in [-0.05, 0) is 55.9 Å². The Morgan fingerprint density at radius 3 is 2.64 bits per heavy atom. The zero-order valence-electron chi connectivity index (χ0n) is 16.5. The minimum Gasteiger partial charge on any atom is -0.493 e. The van der Waals surface area contributed by atoms with Crippen LogP contribution in [0.2, 0.25) is 0 Å². The van der Waals surface area contributed by atoms with E-state index in [0.717, 1.165) is 19.3 Å². The standard InChI is InChI=1S/C21H25NO5S/c1-12-5-8-18-14(9-12)10-19(28-18)21(24)27-13(2)20(23)22-15-6-7-16(25-3)17(11-15)26-4/h6-7,10-13H,5,8-9H2,1-4H3,(H,22,23)/t12-,13+/m0/s1. The second-order valence-electron chi connectivity index (χ2n) is 7.01. The molecule has 0 radical (unpaired) electrons. The third-order valence-electron chi connectivity index (χ3n) is 4.83. The summed E-state index contributed by atoms with van der Waals surface area (Å²) in [4.78, 5) is 26.7. The van der Waals surface area contributed by atoms with Gasteiger partial charge in [-0.25, -0.2) is 4.79 Å². The quantitative estimate of drug-likeness (QED) is 0.736. The number of aryl methyl sites for hydroxylation is 1. The zero-order chi connectivity index (χ0) is 20.3. The maximum atomic E-state index is 12.5. The molecule has 1 amide bonds. The van der Waals surface area contributed by atoms with Crippen molar-refractivity contribution in [1.29, 1.82) is 0 Å². The van der Waals surface area contributed by atoms with E-state index in [1.807, 2.05) is 6.07 Å². The molecule has 0 fully saturated rings. The van der Waals surface area contributed by atoms with Crippen LogP contribution >= 0.6 is 11.3 Å². The van der Waals surface area contributed by atoms with Gasteiger partial charge >= 0.3 is 5.97 Å². The van der Waals surface area contributed by atoms with Crippen molar-refractivity contribution in [1.82, 2.24) is 0 Å². The van der Waals surface area contributed by atoms with Crippen LogP contribution in [0.25, 0.3) is 0 Å². The van der Waals surface area contributed by atoms with Crippen molar-refractivity contribution in [3.63, 3.8) is 0 Å². The Kier molecular flexibility index (Phi) is 6.24. The normalized spacial score (nSPS) is 16.6. The number of methoxy groups -OCH3 is 2. The molecule has 0 unspecified atom stereocenters. The molecule has 0 bridgehead atoms. The van der Waals surface area contributed by atoms with Crippen LogP contribution < -0.4 is 14.8 Å². The van der Waals surface area contributed by atoms with Crippen molar-refractivity contribution in [2.45, 2.75) is 39.2 Å². The fourth-order valence-corrected chi connectivity index (χ4v) is 4.33. The molecule has 0 spiro atoms. The van der Waals surface area contributed by atoms with E-state index in [0.29, 0.717) is 28.0 Å². The van der Waals surface area contributed by atoms with Gasteiger partial charge in [0.15, 0.2) is 17.6 Å². The first-order chi connectivity index (χ1) is 13.4. The average molecular weight is 404 g/mol. The number of hydrogen-bond acceptors (Lipinski definition) is 6. The maximum absolute atomic E-state index is 12.5. The largest absolute Gasteiger partial charge is 0.493 e. The topological polar surface area (TPSA) is 73.9 Å². The summed E-state index contributed by atoms with van der Waals surface area (Å²) in [5, 5.41) is 2.73. The predicted octanol–water partition coefficient (Wildman–Crippen LogP) is 4.07. The van der Waals surface area contributed by atoms with E-state index in [9.17, 15) is 9.59 Å². The molecule has 1 N–H and O–H groups in total. The molecule has 0 saturated carbocycles. The van der Waals surface area contributed by atoms with E-state index in [2.05, 4.69) is 12.2 Å². The van der Waals surface area contributed by atoms with Gasteiger partial charge in [-0.3, -0.25) is 4.79 Å². The Hall–Kier alpha value is -2.54. The summed E-state index contributed by atoms with van der Waals surface area (Å²) >= 11 is 1.48. The van der Waals surface area contributed by atoms with Gasteiger partial charge in [0.05, 0.1) is 14.2 Å². The van der Waals surface area contributed by atoms with E-state index >= 15 is 0 Å². The summed E-state index contributed by atoms with van der Waals surface area (Å²) in [7, 11) is 3.07. The fourth-order valence-electron chi connectivity index (χ4n) is 3.24. The van der Waals surface area contributed by atoms with Gasteiger partial charge in [-0.15, -0.1) is 11.3 Å². The monoisotopic (exact) mass is 403 g/mol. The highest BCUT2D eigenvalue weighted by Gasteiger charge is 2.24. The molecule has 2 aromatic rings. The molecule has 1 aromatic heterocycles. The average Bonchev–Trinajstić information content (AvgIpc) is 3.11. The molecule has 28 heavy (non-hydrogen) atoms. The first-order valence-electron chi connectivity index (χ1n) is 9.26. The Labute approximate surface area is 168 Å². The number of esters is 1. The van der Waals surface area contributed by atoms with Gasteiger partial charge in [-0.2, -0.15) is 0 Å². The van der Waals surface area contributed by atoms with Gasteiger partial charge in [0.2, 0.25) is 0 Å². The molecule has 1 heterocycles. The summed E-state index contributed by atoms with van der Waals surface area (Å²) in [6, 6.07) is 6.96. The van der Waals surface area contributed by atoms with E-state index in [4.69, 9.17) is 14.2 Å². The summed E-state index contributed by atoms with van der Waals surface area (Å²) < 4.78 is 15.8. The highest BCUT2D eigenvalue weighted by molar-refractivity contribution is 7.14. The first kappa shape index (κ1) is 20.2. The van der Waals surface area contributed by atoms with Crippen LogP contribution in [0.15, 0.2) is 24.3 Å². The number of benzene rings is 1. The molecule has 3 rings (SSSR count). The smallest absolute Gasteiger partial charge is 0.349 e. The van der Waals surface area contributed by atoms with Crippen LogP contribution in [0, 0.1) is 5.92 Å². The Bertz CT molecular complexity index is 876. The lowest BCUT2D eigenvalue weighted by Crippen LogP contribution is -2.29. The highest BCUT2D eigenvalue weighted by Crippen LogP contribution is 2.33. The van der Waals surface area contributed by atoms with Crippen molar-refractivity contribution < 1.29 is 23.8 Å². The maximum Gasteiger partial charge on any atom is 0.349 e. The number of nitrogens with one attached hydrogen (secondary N) is 1. The summed E-state index contributed by atoms with van der Waals surface area (Å²) in [5.41, 5.74) is 1.77. The third kappa shape index (κ3) is 4.47. The number of hydrogen-bond donors (Lipinski definition) is 1. The van der Waals surface area contributed by atoms with Gasteiger partial charge in [0.25, 0.3) is 5.91 Å². The lowest BCUT2D eigenvalue weighted by molar-refractivity contribution is -0.123. The van der Waals surface area contributed by atoms with Crippen molar-refractivity contribution in [3.05, 3.63) is 39.6 Å². The molecule has 1 aliphatic carbocycles. The number of carbonyl (C=O) groups is 2. The summed E-state index contributed by atoms with van der Waals surface area (Å²) in [6.45, 7) is 3.78. The summed E-state index contributed by atoms with van der Waals surface area (Å²) in [5.74, 6) is 0.842. The molecule has 7 heteroatoms. The van der Waals surface area contributed by atoms with Crippen molar-refractivity contribution in [3.8, 4) is 11.5 Å². The van der Waals surface area contributed by atoms with Gasteiger partial charge in [0, 0.05) is 16.6 Å². The van der Waals surface area contributed by atoms with Crippen LogP contribution in [0.3, 0.4) is 0 Å². The molecular formula is C21H25NO5S. The zero-order valence-corrected chi connectivity index (χ0v) is 17.4. The van der Waals surface area contributed by atoms with Crippen LogP contribution in [-0.2, 0) is 22.4 Å². The van der Waals surface area contributed by atoms with E-state index in [-0.39, 0.29) is 0 Å². The Balaban J connectivity index is 1.62. The van der Waals surface area contributed by atoms with E-state index in [1.54, 1.807) is 32.2 Å². The molecule has 2 atom stereocenters. The highest BCUT2D eigenvalue weighted by atomic mass is 32.1. The van der Waals surface area contributed by atoms with Gasteiger partial charge in [-0.1, -0.05) is 6.92 Å². The van der Waals surface area contributed by atoms with Crippen molar-refractivity contribution >= 4 is 28.9 Å². The lowest BCUT2D eigenvalue weighted by Gasteiger charge is -2.16. The first-order valence-corrected chi connectivity index (χ1v) is 10.1. The number of fused-ring (bicyclic) bond motifs is 1. The second kappa shape index (κ2) is 8.65. The number of carbonyl (C=O) groups excluding carboxylic acids is 2. The number of amides is 1. The Morgan fingerprint density at radius 2 is 1.93 bits per heavy atom. The van der Waals surface area contributed by atoms with Crippen LogP contribution in [0.4, 0.5) is 5.69 Å². The van der Waals surface area contributed by atoms with Crippen molar-refractivity contribution in [2.24, 2.45) is 5.92 Å². The van der Waals surface area contributed by atoms with Crippen LogP contribution in [-0.4, -0.2) is 32.2 Å². The SMILES string of the molecule is COc1ccc(NC(=O)[C@@H](C)OC(=O)c2cc3c(s2)CC[C@H](C)C3)cc1OC. The molecule has 0 aliphatic heterocycles. The van der Waals surface area contributed by atoms with Gasteiger partial charge in [0.1, 0.15) is 4.88 Å². The number of thiophene rings is 1. The Morgan fingerprint density at radius 1 is 1.18 bits per heavy atom. The third-order valence-corrected chi connectivity index (χ3v) is 6.05. The molecular weight excluding hydrogens is 378 g/mol. The minimum atomic E-state index is -0.918. The van der Waals surface area contributed by atoms with Crippen LogP contribution in [0.5, 0.6) is 11.5 Å². The number of rotatable bonds is 6. The van der Waals surface area contributed by atoms with Crippen LogP contribution in [0.1, 0.15) is 40.4 Å². The van der Waals surface area contributed by atoms with E-state index < -0.39 is 18.0 Å². The lowest BCUT2D eigenvalue weighted by atomic mass is 9.90. The fraction of sp³-hybridized carbons (Fsp3) is 0.429. The second-order valence-corrected chi connectivity index (χ2v) is 8.15. The van der Waals surface area contributed by atoms with E-state index in [1.165, 1.54) is 28.9 Å². The van der Waals surface area contributed by atoms with Crippen molar-refractivity contribution in [2.75, 3.05) is 19.5 Å². The molecule has 1 aromatic carbocycles. The number of anilines is 1. The minimum absolute atomic E-state index is 0.407. The predicted molar refractivity (Wildman–Crippen MR) is 109 cm³/mol. The van der Waals surface area contributed by atoms with Gasteiger partial charge < -0.3 is 19.5 Å². The summed E-state index contributed by atoms with van der Waals surface area (Å²) in [6.07, 6.45) is 2.23. The molecule has 150 valence electrons.